The van der Waals surface area contributed by atoms with Gasteiger partial charge in [-0.3, -0.25) is 14.6 Å². The van der Waals surface area contributed by atoms with E-state index in [4.69, 9.17) is 4.74 Å². The lowest BCUT2D eigenvalue weighted by Gasteiger charge is -2.49. The van der Waals surface area contributed by atoms with Crippen molar-refractivity contribution in [3.63, 3.8) is 0 Å². The lowest BCUT2D eigenvalue weighted by Crippen LogP contribution is -2.55. The second-order valence-corrected chi connectivity index (χ2v) is 16.3. The SMILES string of the molecule is CO[C@@H](C(=O)N1CC2=C(CN=C2NC(=O)C2([Si](C)(C)C)CCC2)C1(C)C)c1ccccc1F. The van der Waals surface area contributed by atoms with E-state index in [2.05, 4.69) is 30.0 Å². The summed E-state index contributed by atoms with van der Waals surface area (Å²) in [5.74, 6) is -0.112. The molecule has 0 radical (unpaired) electrons. The number of amides is 2. The maximum atomic E-state index is 14.4. The molecule has 3 aliphatic rings. The van der Waals surface area contributed by atoms with Gasteiger partial charge in [-0.05, 0) is 38.3 Å². The highest BCUT2D eigenvalue weighted by atomic mass is 28.3. The van der Waals surface area contributed by atoms with Crippen LogP contribution in [0.3, 0.4) is 0 Å². The molecule has 33 heavy (non-hydrogen) atoms. The zero-order valence-corrected chi connectivity index (χ0v) is 21.4. The molecule has 1 aliphatic carbocycles. The molecule has 2 amide bonds. The Morgan fingerprint density at radius 3 is 2.42 bits per heavy atom. The molecule has 1 N–H and O–H groups in total. The molecule has 0 spiro atoms. The van der Waals surface area contributed by atoms with Crippen molar-refractivity contribution in [3.8, 4) is 0 Å². The van der Waals surface area contributed by atoms with Gasteiger partial charge >= 0.3 is 0 Å². The molecular formula is C25H34FN3O3Si. The highest BCUT2D eigenvalue weighted by molar-refractivity contribution is 6.82. The van der Waals surface area contributed by atoms with E-state index in [1.54, 1.807) is 23.1 Å². The van der Waals surface area contributed by atoms with Crippen molar-refractivity contribution >= 4 is 25.7 Å². The predicted molar refractivity (Wildman–Crippen MR) is 129 cm³/mol. The lowest BCUT2D eigenvalue weighted by atomic mass is 9.83. The van der Waals surface area contributed by atoms with Crippen molar-refractivity contribution in [2.75, 3.05) is 20.2 Å². The van der Waals surface area contributed by atoms with Crippen LogP contribution in [0.25, 0.3) is 0 Å². The highest BCUT2D eigenvalue weighted by Gasteiger charge is 2.54. The van der Waals surface area contributed by atoms with Crippen LogP contribution in [0.5, 0.6) is 0 Å². The van der Waals surface area contributed by atoms with Crippen LogP contribution in [0.2, 0.25) is 24.7 Å². The number of benzene rings is 1. The van der Waals surface area contributed by atoms with E-state index in [0.717, 1.165) is 30.4 Å². The molecule has 4 rings (SSSR count). The molecule has 2 aliphatic heterocycles. The molecule has 6 nitrogen and oxygen atoms in total. The Hall–Kier alpha value is -2.32. The van der Waals surface area contributed by atoms with Crippen molar-refractivity contribution in [2.45, 2.75) is 69.4 Å². The van der Waals surface area contributed by atoms with Crippen molar-refractivity contribution in [1.29, 1.82) is 0 Å². The summed E-state index contributed by atoms with van der Waals surface area (Å²) in [5.41, 5.74) is 1.52. The van der Waals surface area contributed by atoms with Crippen molar-refractivity contribution in [1.82, 2.24) is 10.2 Å². The molecule has 178 valence electrons. The molecule has 1 saturated carbocycles. The first kappa shape index (κ1) is 23.8. The van der Waals surface area contributed by atoms with Crippen molar-refractivity contribution in [3.05, 3.63) is 46.8 Å². The Balaban J connectivity index is 1.56. The van der Waals surface area contributed by atoms with Gasteiger partial charge in [0.2, 0.25) is 5.91 Å². The van der Waals surface area contributed by atoms with Crippen LogP contribution in [0.15, 0.2) is 40.4 Å². The lowest BCUT2D eigenvalue weighted by molar-refractivity contribution is -0.145. The van der Waals surface area contributed by atoms with Gasteiger partial charge in [0.15, 0.2) is 6.10 Å². The molecule has 0 bridgehead atoms. The maximum Gasteiger partial charge on any atom is 0.257 e. The van der Waals surface area contributed by atoms with E-state index < -0.39 is 25.5 Å². The van der Waals surface area contributed by atoms with E-state index >= 15 is 0 Å². The van der Waals surface area contributed by atoms with Gasteiger partial charge in [0.1, 0.15) is 11.7 Å². The Bertz CT molecular complexity index is 1050. The third kappa shape index (κ3) is 3.67. The molecule has 1 aromatic carbocycles. The van der Waals surface area contributed by atoms with E-state index in [-0.39, 0.29) is 22.4 Å². The molecular weight excluding hydrogens is 437 g/mol. The predicted octanol–water partition coefficient (Wildman–Crippen LogP) is 4.22. The number of hydrogen-bond donors (Lipinski definition) is 1. The average Bonchev–Trinajstić information content (AvgIpc) is 3.20. The number of nitrogens with one attached hydrogen (secondary N) is 1. The quantitative estimate of drug-likeness (QED) is 0.654. The Kier molecular flexibility index (Phi) is 5.89. The normalized spacial score (nSPS) is 21.9. The number of nitrogens with zero attached hydrogens (tertiary/aromatic N) is 2. The number of hydrogen-bond acceptors (Lipinski definition) is 4. The maximum absolute atomic E-state index is 14.4. The van der Waals surface area contributed by atoms with Crippen LogP contribution in [-0.2, 0) is 14.3 Å². The van der Waals surface area contributed by atoms with Crippen LogP contribution in [0.4, 0.5) is 4.39 Å². The fraction of sp³-hybridized carbons (Fsp3) is 0.560. The Morgan fingerprint density at radius 1 is 1.21 bits per heavy atom. The second-order valence-electron chi connectivity index (χ2n) is 10.9. The van der Waals surface area contributed by atoms with Gasteiger partial charge in [0, 0.05) is 23.3 Å². The first-order valence-corrected chi connectivity index (χ1v) is 15.1. The van der Waals surface area contributed by atoms with Crippen LogP contribution in [-0.4, -0.2) is 56.4 Å². The van der Waals surface area contributed by atoms with Gasteiger partial charge in [-0.2, -0.15) is 0 Å². The molecule has 0 aromatic heterocycles. The summed E-state index contributed by atoms with van der Waals surface area (Å²) in [6.07, 6.45) is 1.91. The number of halogens is 1. The standard InChI is InChI=1S/C25H34FN3O3Si/c1-24(2)18-14-27-21(28-23(31)25(12-9-13-25)33(4,5)6)17(18)15-29(24)22(30)20(32-3)16-10-7-8-11-19(16)26/h7-8,10-11,20H,9,12-15H2,1-6H3,(H,27,28,31)/t20-/m1/s1. The van der Waals surface area contributed by atoms with Crippen LogP contribution in [0.1, 0.15) is 44.8 Å². The minimum Gasteiger partial charge on any atom is -0.367 e. The summed E-state index contributed by atoms with van der Waals surface area (Å²) < 4.78 is 19.9. The van der Waals surface area contributed by atoms with Gasteiger partial charge in [-0.1, -0.05) is 44.3 Å². The van der Waals surface area contributed by atoms with Gasteiger partial charge in [-0.25, -0.2) is 4.39 Å². The van der Waals surface area contributed by atoms with Gasteiger partial charge < -0.3 is 15.0 Å². The number of aliphatic imine (C=N–C) groups is 1. The van der Waals surface area contributed by atoms with Gasteiger partial charge in [0.05, 0.1) is 26.7 Å². The first-order chi connectivity index (χ1) is 15.4. The number of carbonyl (C=O) groups excluding carboxylic acids is 2. The van der Waals surface area contributed by atoms with Crippen LogP contribution in [0, 0.1) is 5.82 Å². The minimum atomic E-state index is -1.71. The van der Waals surface area contributed by atoms with E-state index in [1.165, 1.54) is 13.2 Å². The van der Waals surface area contributed by atoms with Crippen LogP contribution < -0.4 is 5.32 Å². The average molecular weight is 472 g/mol. The number of carbonyl (C=O) groups is 2. The van der Waals surface area contributed by atoms with E-state index in [0.29, 0.717) is 18.9 Å². The zero-order valence-electron chi connectivity index (χ0n) is 20.4. The summed E-state index contributed by atoms with van der Waals surface area (Å²) in [5, 5.41) is 2.88. The van der Waals surface area contributed by atoms with Gasteiger partial charge in [0.25, 0.3) is 5.91 Å². The molecule has 0 unspecified atom stereocenters. The van der Waals surface area contributed by atoms with Gasteiger partial charge in [-0.15, -0.1) is 0 Å². The summed E-state index contributed by atoms with van der Waals surface area (Å²) in [6.45, 7) is 11.4. The Labute approximate surface area is 196 Å². The molecule has 1 atom stereocenters. The number of rotatable bonds is 5. The summed E-state index contributed by atoms with van der Waals surface area (Å²) in [7, 11) is -0.297. The van der Waals surface area contributed by atoms with E-state index in [9.17, 15) is 14.0 Å². The zero-order chi connectivity index (χ0) is 24.2. The highest BCUT2D eigenvalue weighted by Crippen LogP contribution is 2.55. The number of methoxy groups -OCH3 is 1. The fourth-order valence-corrected chi connectivity index (χ4v) is 8.07. The van der Waals surface area contributed by atoms with Crippen molar-refractivity contribution < 1.29 is 18.7 Å². The molecule has 0 saturated heterocycles. The summed E-state index contributed by atoms with van der Waals surface area (Å²) in [4.78, 5) is 33.3. The third-order valence-corrected chi connectivity index (χ3v) is 11.6. The first-order valence-electron chi connectivity index (χ1n) is 11.6. The second kappa shape index (κ2) is 8.16. The smallest absolute Gasteiger partial charge is 0.257 e. The van der Waals surface area contributed by atoms with E-state index in [1.807, 2.05) is 13.8 Å². The van der Waals surface area contributed by atoms with Crippen LogP contribution >= 0.6 is 0 Å². The topological polar surface area (TPSA) is 71.0 Å². The summed E-state index contributed by atoms with van der Waals surface area (Å²) in [6, 6.07) is 6.19. The Morgan fingerprint density at radius 2 is 1.88 bits per heavy atom. The molecule has 2 heterocycles. The summed E-state index contributed by atoms with van der Waals surface area (Å²) >= 11 is 0. The molecule has 1 fully saturated rings. The minimum absolute atomic E-state index is 0.0733. The van der Waals surface area contributed by atoms with Crippen molar-refractivity contribution in [2.24, 2.45) is 4.99 Å². The molecule has 8 heteroatoms. The largest absolute Gasteiger partial charge is 0.367 e. The fourth-order valence-electron chi connectivity index (χ4n) is 5.48. The number of ether oxygens (including phenoxy) is 1. The monoisotopic (exact) mass is 471 g/mol. The molecule has 1 aromatic rings. The third-order valence-electron chi connectivity index (χ3n) is 8.00. The number of amidine groups is 1.